The summed E-state index contributed by atoms with van der Waals surface area (Å²) in [5, 5.41) is 2.82. The van der Waals surface area contributed by atoms with Gasteiger partial charge in [-0.3, -0.25) is 4.79 Å². The van der Waals surface area contributed by atoms with Crippen molar-refractivity contribution >= 4 is 27.3 Å². The minimum atomic E-state index is -0.347. The average Bonchev–Trinajstić information content (AvgIpc) is 2.49. The molecule has 0 atom stereocenters. The molecule has 0 saturated heterocycles. The number of carbonyl (C=O) groups excluding carboxylic acids is 1. The van der Waals surface area contributed by atoms with Crippen molar-refractivity contribution in [1.29, 1.82) is 0 Å². The number of aryl methyl sites for hydroxylation is 1. The summed E-state index contributed by atoms with van der Waals surface area (Å²) >= 11 is 1.56. The van der Waals surface area contributed by atoms with Gasteiger partial charge in [-0.1, -0.05) is 12.1 Å². The van der Waals surface area contributed by atoms with Gasteiger partial charge in [0.1, 0.15) is 0 Å². The van der Waals surface area contributed by atoms with Gasteiger partial charge >= 0.3 is 0 Å². The first-order valence-corrected chi connectivity index (χ1v) is 4.84. The molecule has 3 heteroatoms. The summed E-state index contributed by atoms with van der Waals surface area (Å²) in [6, 6.07) is 5.97. The number of primary amides is 1. The van der Waals surface area contributed by atoms with Crippen LogP contribution in [0.4, 0.5) is 0 Å². The molecule has 0 aliphatic rings. The van der Waals surface area contributed by atoms with Gasteiger partial charge in [-0.05, 0) is 18.6 Å². The van der Waals surface area contributed by atoms with Crippen LogP contribution in [-0.4, -0.2) is 5.91 Å². The van der Waals surface area contributed by atoms with Gasteiger partial charge in [-0.15, -0.1) is 11.3 Å². The number of hydrogen-bond acceptors (Lipinski definition) is 2. The molecule has 1 aromatic carbocycles. The standard InChI is InChI=1S/C10H9NOS/c1-6-3-2-4-8-9(6)7(5-13-8)10(11)12/h2-5H,1H3,(H2,11,12). The van der Waals surface area contributed by atoms with E-state index in [1.807, 2.05) is 30.5 Å². The maximum Gasteiger partial charge on any atom is 0.250 e. The Bertz CT molecular complexity index is 473. The number of fused-ring (bicyclic) bond motifs is 1. The van der Waals surface area contributed by atoms with Gasteiger partial charge in [0.05, 0.1) is 5.56 Å². The van der Waals surface area contributed by atoms with Gasteiger partial charge in [0.15, 0.2) is 0 Å². The molecule has 0 saturated carbocycles. The van der Waals surface area contributed by atoms with E-state index in [1.165, 1.54) is 0 Å². The number of nitrogens with two attached hydrogens (primary N) is 1. The van der Waals surface area contributed by atoms with E-state index in [0.717, 1.165) is 15.6 Å². The summed E-state index contributed by atoms with van der Waals surface area (Å²) in [5.74, 6) is -0.347. The first-order chi connectivity index (χ1) is 6.20. The van der Waals surface area contributed by atoms with E-state index in [-0.39, 0.29) is 5.91 Å². The zero-order chi connectivity index (χ0) is 9.42. The predicted molar refractivity (Wildman–Crippen MR) is 55.1 cm³/mol. The van der Waals surface area contributed by atoms with Crippen LogP contribution >= 0.6 is 11.3 Å². The molecular formula is C10H9NOS. The summed E-state index contributed by atoms with van der Waals surface area (Å²) in [5.41, 5.74) is 7.00. The highest BCUT2D eigenvalue weighted by molar-refractivity contribution is 7.17. The first kappa shape index (κ1) is 8.26. The van der Waals surface area contributed by atoms with Crippen molar-refractivity contribution in [3.05, 3.63) is 34.7 Å². The second-order valence-corrected chi connectivity index (χ2v) is 3.87. The lowest BCUT2D eigenvalue weighted by atomic mass is 10.1. The van der Waals surface area contributed by atoms with Crippen LogP contribution in [0.15, 0.2) is 23.6 Å². The Balaban J connectivity index is 2.86. The van der Waals surface area contributed by atoms with Crippen LogP contribution in [0.25, 0.3) is 10.1 Å². The molecule has 13 heavy (non-hydrogen) atoms. The third kappa shape index (κ3) is 1.21. The molecule has 0 bridgehead atoms. The van der Waals surface area contributed by atoms with Crippen LogP contribution in [0.2, 0.25) is 0 Å². The van der Waals surface area contributed by atoms with E-state index in [2.05, 4.69) is 0 Å². The minimum Gasteiger partial charge on any atom is -0.366 e. The first-order valence-electron chi connectivity index (χ1n) is 3.97. The Morgan fingerprint density at radius 3 is 2.92 bits per heavy atom. The van der Waals surface area contributed by atoms with Crippen LogP contribution < -0.4 is 5.73 Å². The van der Waals surface area contributed by atoms with Crippen LogP contribution in [0.1, 0.15) is 15.9 Å². The number of amides is 1. The van der Waals surface area contributed by atoms with Gasteiger partial charge in [-0.25, -0.2) is 0 Å². The molecule has 0 aliphatic carbocycles. The summed E-state index contributed by atoms with van der Waals surface area (Å²) in [6.45, 7) is 1.99. The molecular weight excluding hydrogens is 182 g/mol. The molecule has 2 nitrogen and oxygen atoms in total. The van der Waals surface area contributed by atoms with E-state index in [0.29, 0.717) is 5.56 Å². The van der Waals surface area contributed by atoms with Gasteiger partial charge in [0.25, 0.3) is 0 Å². The molecule has 1 heterocycles. The van der Waals surface area contributed by atoms with E-state index < -0.39 is 0 Å². The Hall–Kier alpha value is -1.35. The van der Waals surface area contributed by atoms with Gasteiger partial charge in [0, 0.05) is 15.5 Å². The van der Waals surface area contributed by atoms with Crippen molar-refractivity contribution in [2.24, 2.45) is 5.73 Å². The Labute approximate surface area is 80.0 Å². The van der Waals surface area contributed by atoms with E-state index in [9.17, 15) is 4.79 Å². The average molecular weight is 191 g/mol. The highest BCUT2D eigenvalue weighted by atomic mass is 32.1. The maximum atomic E-state index is 11.1. The topological polar surface area (TPSA) is 43.1 Å². The zero-order valence-electron chi connectivity index (χ0n) is 7.20. The van der Waals surface area contributed by atoms with E-state index in [4.69, 9.17) is 5.73 Å². The van der Waals surface area contributed by atoms with Crippen molar-refractivity contribution in [2.45, 2.75) is 6.92 Å². The predicted octanol–water partition coefficient (Wildman–Crippen LogP) is 2.31. The Morgan fingerprint density at radius 2 is 2.23 bits per heavy atom. The van der Waals surface area contributed by atoms with Gasteiger partial charge < -0.3 is 5.73 Å². The minimum absolute atomic E-state index is 0.347. The maximum absolute atomic E-state index is 11.1. The highest BCUT2D eigenvalue weighted by Crippen LogP contribution is 2.28. The van der Waals surface area contributed by atoms with E-state index >= 15 is 0 Å². The number of carbonyl (C=O) groups is 1. The van der Waals surface area contributed by atoms with Crippen molar-refractivity contribution in [3.8, 4) is 0 Å². The Kier molecular flexibility index (Phi) is 1.81. The summed E-state index contributed by atoms with van der Waals surface area (Å²) in [7, 11) is 0. The monoisotopic (exact) mass is 191 g/mol. The van der Waals surface area contributed by atoms with Crippen molar-refractivity contribution < 1.29 is 4.79 Å². The second kappa shape index (κ2) is 2.85. The molecule has 2 aromatic rings. The molecule has 1 aromatic heterocycles. The van der Waals surface area contributed by atoms with Crippen LogP contribution in [0.5, 0.6) is 0 Å². The molecule has 0 unspecified atom stereocenters. The van der Waals surface area contributed by atoms with Crippen LogP contribution in [0, 0.1) is 6.92 Å². The SMILES string of the molecule is Cc1cccc2scc(C(N)=O)c12. The fourth-order valence-corrected chi connectivity index (χ4v) is 2.47. The number of hydrogen-bond donors (Lipinski definition) is 1. The largest absolute Gasteiger partial charge is 0.366 e. The summed E-state index contributed by atoms with van der Waals surface area (Å²) in [6.07, 6.45) is 0. The number of thiophene rings is 1. The molecule has 0 radical (unpaired) electrons. The number of benzene rings is 1. The number of rotatable bonds is 1. The third-order valence-electron chi connectivity index (χ3n) is 2.07. The summed E-state index contributed by atoms with van der Waals surface area (Å²) in [4.78, 5) is 11.1. The fraction of sp³-hybridized carbons (Fsp3) is 0.100. The fourth-order valence-electron chi connectivity index (χ4n) is 1.45. The molecule has 0 spiro atoms. The smallest absolute Gasteiger partial charge is 0.250 e. The summed E-state index contributed by atoms with van der Waals surface area (Å²) < 4.78 is 1.12. The van der Waals surface area contributed by atoms with Crippen molar-refractivity contribution in [2.75, 3.05) is 0 Å². The molecule has 2 N–H and O–H groups in total. The van der Waals surface area contributed by atoms with E-state index in [1.54, 1.807) is 11.3 Å². The molecule has 1 amide bonds. The molecule has 2 rings (SSSR count). The molecule has 0 aliphatic heterocycles. The highest BCUT2D eigenvalue weighted by Gasteiger charge is 2.09. The second-order valence-electron chi connectivity index (χ2n) is 2.96. The molecule has 0 fully saturated rings. The quantitative estimate of drug-likeness (QED) is 0.738. The molecule has 66 valence electrons. The lowest BCUT2D eigenvalue weighted by Crippen LogP contribution is -2.10. The van der Waals surface area contributed by atoms with Crippen molar-refractivity contribution in [1.82, 2.24) is 0 Å². The third-order valence-corrected chi connectivity index (χ3v) is 3.02. The Morgan fingerprint density at radius 1 is 1.46 bits per heavy atom. The lowest BCUT2D eigenvalue weighted by molar-refractivity contribution is 0.100. The zero-order valence-corrected chi connectivity index (χ0v) is 8.02. The van der Waals surface area contributed by atoms with Crippen molar-refractivity contribution in [3.63, 3.8) is 0 Å². The van der Waals surface area contributed by atoms with Crippen LogP contribution in [0.3, 0.4) is 0 Å². The lowest BCUT2D eigenvalue weighted by Gasteiger charge is -1.97. The van der Waals surface area contributed by atoms with Gasteiger partial charge in [0.2, 0.25) is 5.91 Å². The van der Waals surface area contributed by atoms with Gasteiger partial charge in [-0.2, -0.15) is 0 Å². The normalized spacial score (nSPS) is 10.5. The van der Waals surface area contributed by atoms with Crippen LogP contribution in [-0.2, 0) is 0 Å².